The molecule has 8 nitrogen and oxygen atoms in total. The second-order valence-electron chi connectivity index (χ2n) is 4.33. The highest BCUT2D eigenvalue weighted by Crippen LogP contribution is 2.33. The molecule has 1 saturated heterocycles. The molecule has 0 aromatic heterocycles. The summed E-state index contributed by atoms with van der Waals surface area (Å²) in [6.45, 7) is 0. The van der Waals surface area contributed by atoms with Gasteiger partial charge >= 0.3 is 16.1 Å². The molecule has 1 fully saturated rings. The van der Waals surface area contributed by atoms with E-state index in [-0.39, 0.29) is 24.2 Å². The molecule has 0 radical (unpaired) electrons. The number of amides is 2. The Balaban J connectivity index is 3.34. The molecule has 1 aliphatic rings. The molecule has 0 aromatic carbocycles. The number of carboxylic acid groups (broad SMARTS) is 1. The van der Waals surface area contributed by atoms with E-state index < -0.39 is 39.2 Å². The fourth-order valence-corrected chi connectivity index (χ4v) is 3.70. The fraction of sp³-hybridized carbons (Fsp3) is 0.700. The molecule has 114 valence electrons. The number of carboxylic acids is 1. The van der Waals surface area contributed by atoms with Gasteiger partial charge in [-0.1, -0.05) is 22.6 Å². The maximum atomic E-state index is 11.7. The molecule has 0 aliphatic carbocycles. The first kappa shape index (κ1) is 17.3. The minimum absolute atomic E-state index is 0.145. The number of alkyl halides is 1. The maximum absolute atomic E-state index is 11.7. The molecule has 1 aliphatic heterocycles. The Morgan fingerprint density at radius 1 is 1.25 bits per heavy atom. The number of hydrogen-bond donors (Lipinski definition) is 2. The second-order valence-corrected chi connectivity index (χ2v) is 7.04. The van der Waals surface area contributed by atoms with E-state index in [9.17, 15) is 32.5 Å². The molecule has 1 unspecified atom stereocenters. The molecule has 0 bridgehead atoms. The van der Waals surface area contributed by atoms with Crippen molar-refractivity contribution in [3.05, 3.63) is 0 Å². The fourth-order valence-electron chi connectivity index (χ4n) is 2.11. The van der Waals surface area contributed by atoms with E-state index in [2.05, 4.69) is 0 Å². The minimum Gasteiger partial charge on any atom is -0.479 e. The summed E-state index contributed by atoms with van der Waals surface area (Å²) >= 11 is 2.03. The van der Waals surface area contributed by atoms with Gasteiger partial charge in [0.25, 0.3) is 4.87 Å². The van der Waals surface area contributed by atoms with Crippen molar-refractivity contribution in [1.29, 1.82) is 0 Å². The summed E-state index contributed by atoms with van der Waals surface area (Å²) in [7, 11) is -5.17. The van der Waals surface area contributed by atoms with Gasteiger partial charge in [0, 0.05) is 12.8 Å². The van der Waals surface area contributed by atoms with Gasteiger partial charge in [0.1, 0.15) is 0 Å². The van der Waals surface area contributed by atoms with E-state index in [1.165, 1.54) is 0 Å². The van der Waals surface area contributed by atoms with E-state index >= 15 is 0 Å². The number of carbonyl (C=O) groups is 3. The average molecular weight is 419 g/mol. The quantitative estimate of drug-likeness (QED) is 0.201. The van der Waals surface area contributed by atoms with Crippen LogP contribution in [0.15, 0.2) is 0 Å². The van der Waals surface area contributed by atoms with Crippen molar-refractivity contribution in [2.75, 3.05) is 4.43 Å². The number of nitrogens with zero attached hydrogens (tertiary/aromatic N) is 1. The van der Waals surface area contributed by atoms with Crippen molar-refractivity contribution in [3.8, 4) is 0 Å². The Morgan fingerprint density at radius 2 is 1.75 bits per heavy atom. The van der Waals surface area contributed by atoms with Crippen molar-refractivity contribution in [2.24, 2.45) is 0 Å². The van der Waals surface area contributed by atoms with E-state index in [1.807, 2.05) is 22.6 Å². The van der Waals surface area contributed by atoms with E-state index in [4.69, 9.17) is 0 Å². The molecule has 0 aromatic rings. The normalized spacial score (nSPS) is 19.2. The molecule has 2 amide bonds. The van der Waals surface area contributed by atoms with Crippen LogP contribution in [-0.2, 0) is 24.5 Å². The molecular weight excluding hydrogens is 405 g/mol. The van der Waals surface area contributed by atoms with Crippen molar-refractivity contribution >= 4 is 50.5 Å². The highest BCUT2D eigenvalue weighted by atomic mass is 127. The lowest BCUT2D eigenvalue weighted by molar-refractivity contribution is -0.157. The van der Waals surface area contributed by atoms with Crippen LogP contribution >= 0.6 is 22.6 Å². The summed E-state index contributed by atoms with van der Waals surface area (Å²) in [5.41, 5.74) is 0. The van der Waals surface area contributed by atoms with Crippen molar-refractivity contribution < 1.29 is 32.5 Å². The van der Waals surface area contributed by atoms with Crippen LogP contribution in [-0.4, -0.2) is 50.1 Å². The maximum Gasteiger partial charge on any atom is 0.348 e. The van der Waals surface area contributed by atoms with Gasteiger partial charge in [-0.2, -0.15) is 8.42 Å². The number of rotatable bonds is 7. The highest BCUT2D eigenvalue weighted by molar-refractivity contribution is 14.1. The Labute approximate surface area is 129 Å². The molecule has 20 heavy (non-hydrogen) atoms. The SMILES string of the molecule is O=C1CCC(=O)N1C(CCCCI)(C(=O)O)S(=O)(=O)O. The van der Waals surface area contributed by atoms with Crippen LogP contribution in [0.3, 0.4) is 0 Å². The number of unbranched alkanes of at least 4 members (excludes halogenated alkanes) is 1. The molecule has 2 N–H and O–H groups in total. The van der Waals surface area contributed by atoms with Gasteiger partial charge in [0.15, 0.2) is 0 Å². The molecule has 0 spiro atoms. The van der Waals surface area contributed by atoms with Crippen molar-refractivity contribution in [1.82, 2.24) is 4.90 Å². The van der Waals surface area contributed by atoms with Crippen LogP contribution in [0.4, 0.5) is 0 Å². The summed E-state index contributed by atoms with van der Waals surface area (Å²) in [6.07, 6.45) is -0.388. The number of hydrogen-bond acceptors (Lipinski definition) is 5. The van der Waals surface area contributed by atoms with Crippen molar-refractivity contribution in [3.63, 3.8) is 0 Å². The van der Waals surface area contributed by atoms with Gasteiger partial charge in [0.2, 0.25) is 11.8 Å². The minimum atomic E-state index is -5.17. The molecule has 10 heteroatoms. The molecule has 0 saturated carbocycles. The topological polar surface area (TPSA) is 129 Å². The average Bonchev–Trinajstić information content (AvgIpc) is 2.64. The number of carbonyl (C=O) groups excluding carboxylic acids is 2. The Kier molecular flexibility index (Phi) is 5.49. The standard InChI is InChI=1S/C10H14INO7S/c11-6-2-1-5-10(9(15)16,20(17,18)19)12-7(13)3-4-8(12)14/h1-6H2,(H,15,16)(H,17,18,19). The summed E-state index contributed by atoms with van der Waals surface area (Å²) in [5.74, 6) is -3.72. The molecule has 1 heterocycles. The van der Waals surface area contributed by atoms with Crippen LogP contribution in [0, 0.1) is 0 Å². The Morgan fingerprint density at radius 3 is 2.10 bits per heavy atom. The number of likely N-dealkylation sites (tertiary alicyclic amines) is 1. The molecular formula is C10H14INO7S. The highest BCUT2D eigenvalue weighted by Gasteiger charge is 2.60. The van der Waals surface area contributed by atoms with Gasteiger partial charge in [0.05, 0.1) is 0 Å². The zero-order valence-corrected chi connectivity index (χ0v) is 13.4. The van der Waals surface area contributed by atoms with Gasteiger partial charge in [-0.3, -0.25) is 14.1 Å². The second kappa shape index (κ2) is 6.35. The van der Waals surface area contributed by atoms with E-state index in [1.54, 1.807) is 0 Å². The predicted molar refractivity (Wildman–Crippen MR) is 75.7 cm³/mol. The van der Waals surface area contributed by atoms with Crippen LogP contribution in [0.5, 0.6) is 0 Å². The number of halogens is 1. The zero-order valence-electron chi connectivity index (χ0n) is 10.4. The Bertz CT molecular complexity index is 516. The Hall–Kier alpha value is -0.750. The lowest BCUT2D eigenvalue weighted by atomic mass is 10.1. The summed E-state index contributed by atoms with van der Waals surface area (Å²) in [4.78, 5) is 32.1. The smallest absolute Gasteiger partial charge is 0.348 e. The monoisotopic (exact) mass is 419 g/mol. The lowest BCUT2D eigenvalue weighted by Crippen LogP contribution is -2.61. The number of imide groups is 1. The third kappa shape index (κ3) is 2.96. The largest absolute Gasteiger partial charge is 0.479 e. The van der Waals surface area contributed by atoms with Crippen LogP contribution in [0.2, 0.25) is 0 Å². The zero-order chi connectivity index (χ0) is 15.6. The van der Waals surface area contributed by atoms with Crippen LogP contribution < -0.4 is 0 Å². The molecule has 1 atom stereocenters. The summed E-state index contributed by atoms with van der Waals surface area (Å²) in [5, 5.41) is 9.27. The first-order chi connectivity index (χ1) is 9.18. The first-order valence-corrected chi connectivity index (χ1v) is 8.77. The van der Waals surface area contributed by atoms with Crippen LogP contribution in [0.1, 0.15) is 32.1 Å². The van der Waals surface area contributed by atoms with E-state index in [0.29, 0.717) is 10.8 Å². The van der Waals surface area contributed by atoms with Gasteiger partial charge in [-0.15, -0.1) is 0 Å². The molecule has 1 rings (SSSR count). The van der Waals surface area contributed by atoms with Gasteiger partial charge in [-0.25, -0.2) is 9.69 Å². The van der Waals surface area contributed by atoms with Crippen molar-refractivity contribution in [2.45, 2.75) is 37.0 Å². The van der Waals surface area contributed by atoms with E-state index in [0.717, 1.165) is 0 Å². The predicted octanol–water partition coefficient (Wildman–Crippen LogP) is 0.409. The lowest BCUT2D eigenvalue weighted by Gasteiger charge is -2.33. The third-order valence-corrected chi connectivity index (χ3v) is 5.25. The third-order valence-electron chi connectivity index (χ3n) is 3.07. The van der Waals surface area contributed by atoms with Gasteiger partial charge < -0.3 is 5.11 Å². The van der Waals surface area contributed by atoms with Gasteiger partial charge in [-0.05, 0) is 23.7 Å². The number of aliphatic carboxylic acids is 1. The summed E-state index contributed by atoms with van der Waals surface area (Å²) in [6, 6.07) is 0. The first-order valence-electron chi connectivity index (χ1n) is 5.80. The summed E-state index contributed by atoms with van der Waals surface area (Å²) < 4.78 is 33.2. The van der Waals surface area contributed by atoms with Crippen LogP contribution in [0.25, 0.3) is 0 Å².